The number of aromatic hydroxyl groups is 1. The Kier molecular flexibility index (Phi) is 3.97. The number of carbonyl (C=O) groups is 1. The molecule has 3 aliphatic rings. The van der Waals surface area contributed by atoms with Crippen molar-refractivity contribution in [2.45, 2.75) is 51.4 Å². The van der Waals surface area contributed by atoms with E-state index in [0.717, 1.165) is 44.2 Å². The molecule has 0 radical (unpaired) electrons. The molecular weight excluding hydrogens is 318 g/mol. The Hall–Kier alpha value is -2.04. The van der Waals surface area contributed by atoms with Crippen LogP contribution in [0, 0.1) is 17.3 Å². The van der Waals surface area contributed by atoms with Gasteiger partial charge in [-0.25, -0.2) is 4.79 Å². The summed E-state index contributed by atoms with van der Waals surface area (Å²) in [5.74, 6) is 1.17. The summed E-state index contributed by atoms with van der Waals surface area (Å²) in [7, 11) is 0. The number of carboxylic acid groups (broad SMARTS) is 1. The van der Waals surface area contributed by atoms with Crippen molar-refractivity contribution < 1.29 is 19.8 Å². The van der Waals surface area contributed by atoms with Crippen molar-refractivity contribution in [3.63, 3.8) is 0 Å². The number of phenols is 1. The van der Waals surface area contributed by atoms with Crippen molar-refractivity contribution in [2.24, 2.45) is 22.4 Å². The summed E-state index contributed by atoms with van der Waals surface area (Å²) >= 11 is 0. The fourth-order valence-electron chi connectivity index (χ4n) is 5.67. The van der Waals surface area contributed by atoms with Gasteiger partial charge in [-0.05, 0) is 79.5 Å². The molecule has 4 atom stereocenters. The van der Waals surface area contributed by atoms with Gasteiger partial charge in [-0.2, -0.15) is 0 Å². The second-order valence-corrected chi connectivity index (χ2v) is 8.00. The largest absolute Gasteiger partial charge is 0.508 e. The molecule has 2 fully saturated rings. The third-order valence-electron chi connectivity index (χ3n) is 6.81. The summed E-state index contributed by atoms with van der Waals surface area (Å²) in [4.78, 5) is 15.7. The minimum Gasteiger partial charge on any atom is -0.508 e. The highest BCUT2D eigenvalue weighted by Crippen LogP contribution is 2.59. The number of benzene rings is 1. The fraction of sp³-hybridized carbons (Fsp3) is 0.600. The molecule has 2 saturated carbocycles. The summed E-state index contributed by atoms with van der Waals surface area (Å²) in [6, 6.07) is 5.86. The lowest BCUT2D eigenvalue weighted by Gasteiger charge is -2.49. The van der Waals surface area contributed by atoms with E-state index in [2.05, 4.69) is 18.1 Å². The first kappa shape index (κ1) is 16.4. The lowest BCUT2D eigenvalue weighted by molar-refractivity contribution is -0.142. The third-order valence-corrected chi connectivity index (χ3v) is 6.81. The molecule has 5 heteroatoms. The van der Waals surface area contributed by atoms with Gasteiger partial charge in [0.1, 0.15) is 5.75 Å². The zero-order valence-corrected chi connectivity index (χ0v) is 14.6. The van der Waals surface area contributed by atoms with Crippen molar-refractivity contribution in [1.82, 2.24) is 0 Å². The number of aryl methyl sites for hydroxylation is 1. The number of hydrogen-bond acceptors (Lipinski definition) is 4. The van der Waals surface area contributed by atoms with Crippen LogP contribution < -0.4 is 0 Å². The molecule has 0 spiro atoms. The number of rotatable bonds is 3. The number of fused-ring (bicyclic) bond motifs is 5. The van der Waals surface area contributed by atoms with Crippen LogP contribution in [0.2, 0.25) is 0 Å². The van der Waals surface area contributed by atoms with E-state index < -0.39 is 5.97 Å². The lowest BCUT2D eigenvalue weighted by atomic mass is 9.55. The van der Waals surface area contributed by atoms with Crippen LogP contribution in [-0.4, -0.2) is 28.5 Å². The van der Waals surface area contributed by atoms with Crippen molar-refractivity contribution in [3.05, 3.63) is 29.3 Å². The number of oxime groups is 1. The minimum absolute atomic E-state index is 0.0358. The molecule has 0 aromatic heterocycles. The molecular formula is C20H25NO4. The van der Waals surface area contributed by atoms with Gasteiger partial charge in [0, 0.05) is 5.41 Å². The molecule has 1 aromatic carbocycles. The van der Waals surface area contributed by atoms with Crippen LogP contribution in [0.3, 0.4) is 0 Å². The Morgan fingerprint density at radius 1 is 1.32 bits per heavy atom. The molecule has 0 amide bonds. The van der Waals surface area contributed by atoms with E-state index in [1.54, 1.807) is 0 Å². The van der Waals surface area contributed by atoms with Gasteiger partial charge in [0.15, 0.2) is 0 Å². The summed E-state index contributed by atoms with van der Waals surface area (Å²) < 4.78 is 0. The summed E-state index contributed by atoms with van der Waals surface area (Å²) in [5.41, 5.74) is 3.81. The van der Waals surface area contributed by atoms with Gasteiger partial charge in [-0.15, -0.1) is 0 Å². The normalized spacial score (nSPS) is 34.9. The van der Waals surface area contributed by atoms with Crippen molar-refractivity contribution in [2.75, 3.05) is 6.61 Å². The smallest absolute Gasteiger partial charge is 0.344 e. The highest BCUT2D eigenvalue weighted by Gasteiger charge is 2.53. The molecule has 25 heavy (non-hydrogen) atoms. The number of aliphatic carboxylic acids is 1. The first-order valence-electron chi connectivity index (χ1n) is 9.22. The summed E-state index contributed by atoms with van der Waals surface area (Å²) in [6.07, 6.45) is 6.39. The van der Waals surface area contributed by atoms with Crippen LogP contribution in [0.25, 0.3) is 0 Å². The monoisotopic (exact) mass is 343 g/mol. The zero-order chi connectivity index (χ0) is 17.6. The SMILES string of the molecule is C[C@]12CCC3c4ccc(O)cc4CCC3C1CC/C2=N\OCC(=O)O. The van der Waals surface area contributed by atoms with Gasteiger partial charge in [-0.3, -0.25) is 0 Å². The maximum atomic E-state index is 10.7. The molecule has 0 heterocycles. The molecule has 134 valence electrons. The second-order valence-electron chi connectivity index (χ2n) is 8.00. The van der Waals surface area contributed by atoms with E-state index >= 15 is 0 Å². The highest BCUT2D eigenvalue weighted by molar-refractivity contribution is 5.92. The van der Waals surface area contributed by atoms with Crippen LogP contribution in [0.15, 0.2) is 23.4 Å². The van der Waals surface area contributed by atoms with Crippen molar-refractivity contribution in [3.8, 4) is 5.75 Å². The standard InChI is InChI=1S/C20H25NO4/c1-20-9-8-15-14-5-3-13(22)10-12(14)2-4-16(15)17(20)6-7-18(20)21-25-11-19(23)24/h3,5,10,15-17,22H,2,4,6-9,11H2,1H3,(H,23,24)/b21-18+/t15?,16?,17?,20-/m0/s1. The number of nitrogens with zero attached hydrogens (tertiary/aromatic N) is 1. The van der Waals surface area contributed by atoms with E-state index in [-0.39, 0.29) is 12.0 Å². The van der Waals surface area contributed by atoms with Gasteiger partial charge in [0.05, 0.1) is 5.71 Å². The first-order chi connectivity index (χ1) is 12.0. The molecule has 5 nitrogen and oxygen atoms in total. The molecule has 2 N–H and O–H groups in total. The maximum Gasteiger partial charge on any atom is 0.344 e. The first-order valence-corrected chi connectivity index (χ1v) is 9.22. The molecule has 3 aliphatic carbocycles. The van der Waals surface area contributed by atoms with Crippen molar-refractivity contribution in [1.29, 1.82) is 0 Å². The van der Waals surface area contributed by atoms with Crippen LogP contribution in [0.1, 0.15) is 56.1 Å². The van der Waals surface area contributed by atoms with Crippen LogP contribution in [0.5, 0.6) is 5.75 Å². The number of phenolic OH excluding ortho intramolecular Hbond substituents is 1. The zero-order valence-electron chi connectivity index (χ0n) is 14.6. The summed E-state index contributed by atoms with van der Waals surface area (Å²) in [6.45, 7) is 1.92. The predicted octanol–water partition coefficient (Wildman–Crippen LogP) is 3.71. The van der Waals surface area contributed by atoms with Gasteiger partial charge >= 0.3 is 5.97 Å². The second kappa shape index (κ2) is 6.04. The average molecular weight is 343 g/mol. The third kappa shape index (κ3) is 2.70. The topological polar surface area (TPSA) is 79.1 Å². The average Bonchev–Trinajstić information content (AvgIpc) is 2.91. The Balaban J connectivity index is 1.58. The lowest BCUT2D eigenvalue weighted by Crippen LogP contribution is -2.42. The molecule has 3 unspecified atom stereocenters. The van der Waals surface area contributed by atoms with Crippen LogP contribution in [-0.2, 0) is 16.1 Å². The molecule has 1 aromatic rings. The van der Waals surface area contributed by atoms with Crippen LogP contribution in [0.4, 0.5) is 0 Å². The molecule has 0 aliphatic heterocycles. The van der Waals surface area contributed by atoms with Gasteiger partial charge in [0.2, 0.25) is 6.61 Å². The van der Waals surface area contributed by atoms with Crippen LogP contribution >= 0.6 is 0 Å². The Bertz CT molecular complexity index is 728. The molecule has 4 rings (SSSR count). The minimum atomic E-state index is -0.986. The Morgan fingerprint density at radius 2 is 2.16 bits per heavy atom. The number of hydrogen-bond donors (Lipinski definition) is 2. The highest BCUT2D eigenvalue weighted by atomic mass is 16.6. The van der Waals surface area contributed by atoms with Gasteiger partial charge in [-0.1, -0.05) is 18.1 Å². The predicted molar refractivity (Wildman–Crippen MR) is 93.7 cm³/mol. The molecule has 0 saturated heterocycles. The van der Waals surface area contributed by atoms with E-state index in [9.17, 15) is 9.90 Å². The Labute approximate surface area is 147 Å². The fourth-order valence-corrected chi connectivity index (χ4v) is 5.67. The molecule has 0 bridgehead atoms. The van der Waals surface area contributed by atoms with E-state index in [1.165, 1.54) is 11.1 Å². The van der Waals surface area contributed by atoms with Gasteiger partial charge < -0.3 is 15.1 Å². The van der Waals surface area contributed by atoms with E-state index in [0.29, 0.717) is 23.5 Å². The Morgan fingerprint density at radius 3 is 2.96 bits per heavy atom. The quantitative estimate of drug-likeness (QED) is 0.820. The number of carboxylic acids is 1. The van der Waals surface area contributed by atoms with E-state index in [1.807, 2.05) is 12.1 Å². The maximum absolute atomic E-state index is 10.7. The summed E-state index contributed by atoms with van der Waals surface area (Å²) in [5, 5.41) is 22.7. The van der Waals surface area contributed by atoms with E-state index in [4.69, 9.17) is 9.94 Å². The van der Waals surface area contributed by atoms with Gasteiger partial charge in [0.25, 0.3) is 0 Å². The van der Waals surface area contributed by atoms with Crippen molar-refractivity contribution >= 4 is 11.7 Å².